The molecule has 8 heteroatoms. The molecule has 2 aliphatic rings. The predicted molar refractivity (Wildman–Crippen MR) is 157 cm³/mol. The van der Waals surface area contributed by atoms with Crippen molar-refractivity contribution in [3.8, 4) is 44.8 Å². The van der Waals surface area contributed by atoms with Gasteiger partial charge in [0.15, 0.2) is 0 Å². The molecule has 0 bridgehead atoms. The number of aromatic nitrogens is 4. The standard InChI is InChI=1S/C30H24N4O2P2/c35-15-37-29-31-14-27(33-29)22-5-8-24-20(13-22)2-1-19-11-17(3-7-23(19)24)18-4-9-25-21(12-18)6-10-26-28(25)34-30(32-26)38-16-36/h3-5,7-9,11-16,37-38H,1-2,6,10H2,(H,31,33)(H,32,34). The number of carbonyl (C=O) groups excluding carboxylic acids is 2. The molecule has 2 atom stereocenters. The van der Waals surface area contributed by atoms with Crippen LogP contribution in [0.25, 0.3) is 44.8 Å². The normalized spacial score (nSPS) is 13.9. The van der Waals surface area contributed by atoms with Crippen LogP contribution >= 0.6 is 17.2 Å². The SMILES string of the molecule is O=CPc1ncc(-c2ccc3c(c2)CCc2cc(-c4ccc5c(c4)CCc4[nH]c(PC=O)nc4-5)ccc2-3)[nH]1. The number of nitrogens with one attached hydrogen (secondary N) is 2. The van der Waals surface area contributed by atoms with Crippen LogP contribution in [0.15, 0.2) is 60.8 Å². The molecule has 6 nitrogen and oxygen atoms in total. The molecule has 2 aromatic heterocycles. The van der Waals surface area contributed by atoms with E-state index < -0.39 is 0 Å². The average Bonchev–Trinajstić information content (AvgIpc) is 3.59. The Morgan fingerprint density at radius 1 is 0.658 bits per heavy atom. The van der Waals surface area contributed by atoms with Crippen LogP contribution < -0.4 is 11.1 Å². The maximum absolute atomic E-state index is 10.9. The van der Waals surface area contributed by atoms with Gasteiger partial charge in [0.25, 0.3) is 0 Å². The van der Waals surface area contributed by atoms with E-state index >= 15 is 0 Å². The zero-order valence-corrected chi connectivity index (χ0v) is 22.5. The first-order valence-electron chi connectivity index (χ1n) is 12.6. The second-order valence-electron chi connectivity index (χ2n) is 9.70. The maximum atomic E-state index is 10.9. The van der Waals surface area contributed by atoms with E-state index in [2.05, 4.69) is 69.5 Å². The first-order chi connectivity index (χ1) is 18.7. The lowest BCUT2D eigenvalue weighted by molar-refractivity contribution is 0.569. The number of imidazole rings is 2. The van der Waals surface area contributed by atoms with Crippen molar-refractivity contribution >= 4 is 40.3 Å². The number of carbonyl (C=O) groups is 2. The highest BCUT2D eigenvalue weighted by Gasteiger charge is 2.22. The van der Waals surface area contributed by atoms with E-state index in [1.54, 1.807) is 0 Å². The quantitative estimate of drug-likeness (QED) is 0.237. The maximum Gasteiger partial charge on any atom is 0.146 e. The Hall–Kier alpha value is -3.72. The third-order valence-corrected chi connectivity index (χ3v) is 8.83. The monoisotopic (exact) mass is 534 g/mol. The topological polar surface area (TPSA) is 91.5 Å². The van der Waals surface area contributed by atoms with Gasteiger partial charge >= 0.3 is 0 Å². The summed E-state index contributed by atoms with van der Waals surface area (Å²) < 4.78 is 0. The van der Waals surface area contributed by atoms with Gasteiger partial charge in [0, 0.05) is 28.4 Å². The zero-order chi connectivity index (χ0) is 25.6. The molecule has 0 saturated heterocycles. The Bertz CT molecular complexity index is 1740. The minimum absolute atomic E-state index is 0.0528. The highest BCUT2D eigenvalue weighted by molar-refractivity contribution is 7.62. The lowest BCUT2D eigenvalue weighted by Gasteiger charge is -2.22. The Morgan fingerprint density at radius 3 is 1.95 bits per heavy atom. The molecule has 0 amide bonds. The lowest BCUT2D eigenvalue weighted by Crippen LogP contribution is -2.05. The van der Waals surface area contributed by atoms with E-state index in [-0.39, 0.29) is 17.2 Å². The van der Waals surface area contributed by atoms with Gasteiger partial charge in [-0.2, -0.15) is 0 Å². The van der Waals surface area contributed by atoms with Crippen molar-refractivity contribution < 1.29 is 9.59 Å². The smallest absolute Gasteiger partial charge is 0.146 e. The van der Waals surface area contributed by atoms with E-state index in [0.717, 1.165) is 71.5 Å². The molecule has 2 unspecified atom stereocenters. The summed E-state index contributed by atoms with van der Waals surface area (Å²) in [6.45, 7) is 0. The molecular weight excluding hydrogens is 510 g/mol. The van der Waals surface area contributed by atoms with Gasteiger partial charge in [-0.15, -0.1) is 0 Å². The third kappa shape index (κ3) is 4.05. The number of benzene rings is 3. The van der Waals surface area contributed by atoms with Crippen LogP contribution in [0.2, 0.25) is 0 Å². The number of hydrogen-bond donors (Lipinski definition) is 2. The van der Waals surface area contributed by atoms with Crippen molar-refractivity contribution in [2.45, 2.75) is 25.7 Å². The minimum Gasteiger partial charge on any atom is -0.341 e. The zero-order valence-electron chi connectivity index (χ0n) is 20.5. The van der Waals surface area contributed by atoms with Crippen molar-refractivity contribution in [2.24, 2.45) is 0 Å². The number of rotatable bonds is 6. The van der Waals surface area contributed by atoms with E-state index in [1.807, 2.05) is 6.20 Å². The molecule has 3 aromatic carbocycles. The third-order valence-electron chi connectivity index (χ3n) is 7.56. The average molecular weight is 534 g/mol. The molecule has 0 aliphatic heterocycles. The van der Waals surface area contributed by atoms with Crippen molar-refractivity contribution in [1.29, 1.82) is 0 Å². The van der Waals surface area contributed by atoms with Crippen LogP contribution in [0.3, 0.4) is 0 Å². The van der Waals surface area contributed by atoms with Crippen molar-refractivity contribution in [3.63, 3.8) is 0 Å². The molecule has 0 fully saturated rings. The summed E-state index contributed by atoms with van der Waals surface area (Å²) >= 11 is 0. The molecule has 2 aliphatic carbocycles. The van der Waals surface area contributed by atoms with Gasteiger partial charge in [-0.3, -0.25) is 9.59 Å². The number of aromatic amines is 2. The summed E-state index contributed by atoms with van der Waals surface area (Å²) in [5.74, 6) is 0. The number of fused-ring (bicyclic) bond motifs is 6. The van der Waals surface area contributed by atoms with E-state index in [9.17, 15) is 9.59 Å². The molecule has 38 heavy (non-hydrogen) atoms. The largest absolute Gasteiger partial charge is 0.341 e. The molecule has 0 radical (unpaired) electrons. The Kier molecular flexibility index (Phi) is 5.88. The number of hydrogen-bond acceptors (Lipinski definition) is 4. The first-order valence-corrected chi connectivity index (χ1v) is 14.8. The lowest BCUT2D eigenvalue weighted by atomic mass is 9.82. The van der Waals surface area contributed by atoms with E-state index in [4.69, 9.17) is 4.98 Å². The van der Waals surface area contributed by atoms with Gasteiger partial charge in [-0.1, -0.05) is 48.5 Å². The van der Waals surface area contributed by atoms with Gasteiger partial charge in [0.2, 0.25) is 0 Å². The second-order valence-corrected chi connectivity index (χ2v) is 11.7. The van der Waals surface area contributed by atoms with Crippen molar-refractivity contribution in [2.75, 3.05) is 0 Å². The molecule has 2 N–H and O–H groups in total. The van der Waals surface area contributed by atoms with E-state index in [0.29, 0.717) is 0 Å². The summed E-state index contributed by atoms with van der Waals surface area (Å²) in [5, 5.41) is 0. The van der Waals surface area contributed by atoms with Gasteiger partial charge < -0.3 is 9.97 Å². The van der Waals surface area contributed by atoms with Crippen LogP contribution in [0.1, 0.15) is 22.4 Å². The minimum atomic E-state index is 0.0528. The summed E-state index contributed by atoms with van der Waals surface area (Å²) in [4.78, 5) is 37.4. The summed E-state index contributed by atoms with van der Waals surface area (Å²) in [6.07, 6.45) is 5.69. The molecule has 186 valence electrons. The summed E-state index contributed by atoms with van der Waals surface area (Å²) in [6, 6.07) is 22.0. The van der Waals surface area contributed by atoms with Crippen LogP contribution in [-0.4, -0.2) is 32.0 Å². The molecular formula is C30H24N4O2P2. The summed E-state index contributed by atoms with van der Waals surface area (Å²) in [7, 11) is 0.123. The van der Waals surface area contributed by atoms with Crippen LogP contribution in [0, 0.1) is 0 Å². The number of aryl methyl sites for hydroxylation is 4. The Morgan fingerprint density at radius 2 is 1.24 bits per heavy atom. The molecule has 2 heterocycles. The molecule has 0 saturated carbocycles. The first kappa shape index (κ1) is 23.4. The van der Waals surface area contributed by atoms with Crippen LogP contribution in [0.4, 0.5) is 0 Å². The number of nitrogens with zero attached hydrogens (tertiary/aromatic N) is 2. The Balaban J connectivity index is 1.18. The molecule has 5 aromatic rings. The van der Waals surface area contributed by atoms with Gasteiger partial charge in [-0.25, -0.2) is 9.97 Å². The summed E-state index contributed by atoms with van der Waals surface area (Å²) in [5.41, 5.74) is 16.0. The fraction of sp³-hybridized carbons (Fsp3) is 0.133. The fourth-order valence-corrected chi connectivity index (χ4v) is 6.72. The van der Waals surface area contributed by atoms with Gasteiger partial charge in [-0.05, 0) is 76.3 Å². The highest BCUT2D eigenvalue weighted by Crippen LogP contribution is 2.39. The van der Waals surface area contributed by atoms with Crippen LogP contribution in [-0.2, 0) is 35.3 Å². The molecule has 7 rings (SSSR count). The van der Waals surface area contributed by atoms with E-state index in [1.165, 1.54) is 44.5 Å². The Labute approximate surface area is 223 Å². The molecule has 0 spiro atoms. The van der Waals surface area contributed by atoms with Gasteiger partial charge in [0.05, 0.1) is 17.6 Å². The highest BCUT2D eigenvalue weighted by atomic mass is 31.1. The van der Waals surface area contributed by atoms with Crippen molar-refractivity contribution in [3.05, 3.63) is 83.2 Å². The second kappa shape index (κ2) is 9.54. The predicted octanol–water partition coefficient (Wildman–Crippen LogP) is 4.99. The van der Waals surface area contributed by atoms with Crippen LogP contribution in [0.5, 0.6) is 0 Å². The fourth-order valence-electron chi connectivity index (χ4n) is 5.75. The van der Waals surface area contributed by atoms with Gasteiger partial charge in [0.1, 0.15) is 23.2 Å². The number of H-pyrrole nitrogens is 2. The van der Waals surface area contributed by atoms with Crippen molar-refractivity contribution in [1.82, 2.24) is 19.9 Å².